The minimum atomic E-state index is -0.226. The largest absolute Gasteiger partial charge is 0.507 e. The van der Waals surface area contributed by atoms with Crippen molar-refractivity contribution in [3.8, 4) is 5.75 Å². The van der Waals surface area contributed by atoms with Crippen LogP contribution in [0.1, 0.15) is 29.5 Å². The smallest absolute Gasteiger partial charge is 0.339 e. The van der Waals surface area contributed by atoms with E-state index < -0.39 is 0 Å². The van der Waals surface area contributed by atoms with Gasteiger partial charge in [0.25, 0.3) is 0 Å². The first kappa shape index (κ1) is 14.7. The summed E-state index contributed by atoms with van der Waals surface area (Å²) in [5, 5.41) is 11.3. The molecular weight excluding hydrogens is 294 g/mol. The number of benzene rings is 1. The summed E-state index contributed by atoms with van der Waals surface area (Å²) in [6, 6.07) is 3.64. The molecule has 0 bridgehead atoms. The van der Waals surface area contributed by atoms with E-state index >= 15 is 0 Å². The highest BCUT2D eigenvalue weighted by Gasteiger charge is 2.23. The van der Waals surface area contributed by atoms with Crippen LogP contribution in [0.15, 0.2) is 21.3 Å². The Morgan fingerprint density at radius 3 is 2.61 bits per heavy atom. The first-order valence-electron chi connectivity index (χ1n) is 8.45. The van der Waals surface area contributed by atoms with E-state index in [2.05, 4.69) is 0 Å². The average molecular weight is 316 g/mol. The molecule has 0 saturated carbocycles. The molecule has 0 radical (unpaired) electrons. The van der Waals surface area contributed by atoms with Crippen molar-refractivity contribution in [2.45, 2.75) is 32.2 Å². The number of hydrogen-bond acceptors (Lipinski definition) is 4. The van der Waals surface area contributed by atoms with E-state index in [1.54, 1.807) is 6.07 Å². The maximum Gasteiger partial charge on any atom is 0.339 e. The number of phenols is 1. The first-order valence-corrected chi connectivity index (χ1v) is 8.45. The van der Waals surface area contributed by atoms with Crippen LogP contribution in [-0.4, -0.2) is 31.4 Å². The summed E-state index contributed by atoms with van der Waals surface area (Å²) >= 11 is 0. The fourth-order valence-electron chi connectivity index (χ4n) is 3.81. The zero-order valence-corrected chi connectivity index (χ0v) is 13.2. The minimum Gasteiger partial charge on any atom is -0.507 e. The van der Waals surface area contributed by atoms with E-state index in [0.717, 1.165) is 74.1 Å². The standard InChI is InChI=1S/C18H21NO4/c20-16-6-5-13-12-3-1-2-4-14(12)18(21)23-17(13)15(16)11-19-7-9-22-10-8-19/h5-6,20H,1-4,7-11H2/p+1. The van der Waals surface area contributed by atoms with Crippen LogP contribution in [0.25, 0.3) is 11.0 Å². The van der Waals surface area contributed by atoms with Gasteiger partial charge in [0.2, 0.25) is 0 Å². The number of fused-ring (bicyclic) bond motifs is 3. The van der Waals surface area contributed by atoms with Gasteiger partial charge in [0, 0.05) is 10.9 Å². The number of phenolic OH excluding ortho intramolecular Hbond substituents is 1. The van der Waals surface area contributed by atoms with Crippen LogP contribution in [0.3, 0.4) is 0 Å². The molecule has 2 N–H and O–H groups in total. The fraction of sp³-hybridized carbons (Fsp3) is 0.500. The molecule has 0 atom stereocenters. The topological polar surface area (TPSA) is 64.1 Å². The Balaban J connectivity index is 1.84. The van der Waals surface area contributed by atoms with Gasteiger partial charge >= 0.3 is 5.63 Å². The van der Waals surface area contributed by atoms with Crippen LogP contribution in [0.5, 0.6) is 5.75 Å². The van der Waals surface area contributed by atoms with E-state index in [1.165, 1.54) is 4.90 Å². The second-order valence-corrected chi connectivity index (χ2v) is 6.53. The Labute approximate surface area is 134 Å². The molecule has 1 aliphatic carbocycles. The maximum absolute atomic E-state index is 12.4. The van der Waals surface area contributed by atoms with Crippen molar-refractivity contribution in [1.29, 1.82) is 0 Å². The van der Waals surface area contributed by atoms with Gasteiger partial charge in [0.1, 0.15) is 25.4 Å². The number of nitrogens with one attached hydrogen (secondary N) is 1. The number of aromatic hydroxyl groups is 1. The summed E-state index contributed by atoms with van der Waals surface area (Å²) in [4.78, 5) is 13.7. The number of hydrogen-bond donors (Lipinski definition) is 2. The predicted octanol–water partition coefficient (Wildman–Crippen LogP) is 0.792. The molecule has 2 aliphatic rings. The highest BCUT2D eigenvalue weighted by Crippen LogP contribution is 2.32. The van der Waals surface area contributed by atoms with Crippen molar-refractivity contribution in [1.82, 2.24) is 0 Å². The lowest BCUT2D eigenvalue weighted by atomic mass is 9.90. The molecule has 2 heterocycles. The molecule has 5 nitrogen and oxygen atoms in total. The number of morpholine rings is 1. The van der Waals surface area contributed by atoms with Gasteiger partial charge in [-0.25, -0.2) is 4.79 Å². The van der Waals surface area contributed by atoms with Crippen LogP contribution in [0.4, 0.5) is 0 Å². The van der Waals surface area contributed by atoms with E-state index in [9.17, 15) is 9.90 Å². The SMILES string of the molecule is O=c1oc2c(C[NH+]3CCOCC3)c(O)ccc2c2c1CCCC2. The van der Waals surface area contributed by atoms with Crippen LogP contribution < -0.4 is 10.5 Å². The van der Waals surface area contributed by atoms with Gasteiger partial charge in [0.15, 0.2) is 5.58 Å². The molecule has 4 rings (SSSR count). The van der Waals surface area contributed by atoms with E-state index in [0.29, 0.717) is 12.1 Å². The third-order valence-electron chi connectivity index (χ3n) is 5.10. The molecule has 1 aromatic heterocycles. The van der Waals surface area contributed by atoms with Gasteiger partial charge in [-0.05, 0) is 43.4 Å². The number of rotatable bonds is 2. The molecule has 1 fully saturated rings. The maximum atomic E-state index is 12.4. The average Bonchev–Trinajstić information content (AvgIpc) is 2.59. The zero-order chi connectivity index (χ0) is 15.8. The number of quaternary nitrogens is 1. The van der Waals surface area contributed by atoms with Crippen molar-refractivity contribution in [3.63, 3.8) is 0 Å². The molecular formula is C18H22NO4+. The Morgan fingerprint density at radius 2 is 1.83 bits per heavy atom. The second-order valence-electron chi connectivity index (χ2n) is 6.53. The molecule has 0 unspecified atom stereocenters. The molecule has 23 heavy (non-hydrogen) atoms. The van der Waals surface area contributed by atoms with Gasteiger partial charge in [-0.3, -0.25) is 0 Å². The molecule has 122 valence electrons. The molecule has 0 spiro atoms. The Hall–Kier alpha value is -1.85. The summed E-state index contributed by atoms with van der Waals surface area (Å²) < 4.78 is 11.0. The van der Waals surface area contributed by atoms with Crippen LogP contribution in [0.2, 0.25) is 0 Å². The molecule has 5 heteroatoms. The third kappa shape index (κ3) is 2.64. The monoisotopic (exact) mass is 316 g/mol. The summed E-state index contributed by atoms with van der Waals surface area (Å²) in [7, 11) is 0. The van der Waals surface area contributed by atoms with Gasteiger partial charge in [-0.15, -0.1) is 0 Å². The number of aryl methyl sites for hydroxylation is 1. The molecule has 1 aromatic carbocycles. The van der Waals surface area contributed by atoms with Gasteiger partial charge in [-0.1, -0.05) is 0 Å². The summed E-state index contributed by atoms with van der Waals surface area (Å²) in [5.74, 6) is 0.218. The highest BCUT2D eigenvalue weighted by molar-refractivity contribution is 5.86. The van der Waals surface area contributed by atoms with Gasteiger partial charge < -0.3 is 19.2 Å². The van der Waals surface area contributed by atoms with Crippen LogP contribution in [-0.2, 0) is 24.1 Å². The lowest BCUT2D eigenvalue weighted by Gasteiger charge is -2.24. The third-order valence-corrected chi connectivity index (χ3v) is 5.10. The van der Waals surface area contributed by atoms with Crippen molar-refractivity contribution in [2.24, 2.45) is 0 Å². The van der Waals surface area contributed by atoms with Gasteiger partial charge in [-0.2, -0.15) is 0 Å². The Bertz CT molecular complexity index is 790. The highest BCUT2D eigenvalue weighted by atomic mass is 16.5. The Morgan fingerprint density at radius 1 is 1.09 bits per heavy atom. The zero-order valence-electron chi connectivity index (χ0n) is 13.2. The number of ether oxygens (including phenoxy) is 1. The summed E-state index contributed by atoms with van der Waals surface area (Å²) in [5.41, 5.74) is 3.07. The predicted molar refractivity (Wildman–Crippen MR) is 86.0 cm³/mol. The van der Waals surface area contributed by atoms with E-state index in [1.807, 2.05) is 6.07 Å². The van der Waals surface area contributed by atoms with E-state index in [-0.39, 0.29) is 11.4 Å². The minimum absolute atomic E-state index is 0.218. The van der Waals surface area contributed by atoms with Crippen molar-refractivity contribution >= 4 is 11.0 Å². The second kappa shape index (κ2) is 5.98. The van der Waals surface area contributed by atoms with E-state index in [4.69, 9.17) is 9.15 Å². The molecule has 2 aromatic rings. The van der Waals surface area contributed by atoms with Crippen LogP contribution in [0, 0.1) is 0 Å². The lowest BCUT2D eigenvalue weighted by molar-refractivity contribution is -0.921. The molecule has 1 aliphatic heterocycles. The van der Waals surface area contributed by atoms with Crippen molar-refractivity contribution < 1.29 is 19.2 Å². The van der Waals surface area contributed by atoms with Crippen molar-refractivity contribution in [3.05, 3.63) is 39.2 Å². The fourth-order valence-corrected chi connectivity index (χ4v) is 3.81. The van der Waals surface area contributed by atoms with Crippen LogP contribution >= 0.6 is 0 Å². The molecule has 0 amide bonds. The quantitative estimate of drug-likeness (QED) is 0.804. The lowest BCUT2D eigenvalue weighted by Crippen LogP contribution is -3.12. The summed E-state index contributed by atoms with van der Waals surface area (Å²) in [6.07, 6.45) is 3.88. The summed E-state index contributed by atoms with van der Waals surface area (Å²) in [6.45, 7) is 3.95. The normalized spacial score (nSPS) is 19.0. The molecule has 1 saturated heterocycles. The van der Waals surface area contributed by atoms with Crippen molar-refractivity contribution in [2.75, 3.05) is 26.3 Å². The first-order chi connectivity index (χ1) is 11.2. The van der Waals surface area contributed by atoms with Gasteiger partial charge in [0.05, 0.1) is 18.8 Å². The Kier molecular flexibility index (Phi) is 3.83.